The Labute approximate surface area is 142 Å². The van der Waals surface area contributed by atoms with Gasteiger partial charge in [0.2, 0.25) is 5.89 Å². The molecule has 1 aromatic heterocycles. The maximum Gasteiger partial charge on any atom is 0.310 e. The summed E-state index contributed by atoms with van der Waals surface area (Å²) in [5.41, 5.74) is 2.59. The molecule has 3 aromatic rings. The van der Waals surface area contributed by atoms with Gasteiger partial charge in [-0.25, -0.2) is 9.37 Å². The second-order valence-electron chi connectivity index (χ2n) is 5.56. The first kappa shape index (κ1) is 15.1. The summed E-state index contributed by atoms with van der Waals surface area (Å²) in [6, 6.07) is 13.1. The molecule has 4 rings (SSSR count). The van der Waals surface area contributed by atoms with Crippen molar-refractivity contribution in [3.05, 3.63) is 77.2 Å². The van der Waals surface area contributed by atoms with Gasteiger partial charge >= 0.3 is 5.95 Å². The van der Waals surface area contributed by atoms with Gasteiger partial charge in [0.1, 0.15) is 11.5 Å². The van der Waals surface area contributed by atoms with Crippen LogP contribution in [0.1, 0.15) is 16.8 Å². The van der Waals surface area contributed by atoms with Crippen LogP contribution < -0.4 is 0 Å². The fourth-order valence-electron chi connectivity index (χ4n) is 2.72. The minimum absolute atomic E-state index is 0.0796. The van der Waals surface area contributed by atoms with Crippen LogP contribution in [0.2, 0.25) is 0 Å². The van der Waals surface area contributed by atoms with Crippen molar-refractivity contribution in [1.82, 2.24) is 4.98 Å². The summed E-state index contributed by atoms with van der Waals surface area (Å²) < 4.78 is 18.6. The van der Waals surface area contributed by atoms with Crippen molar-refractivity contribution in [3.63, 3.8) is 0 Å². The smallest absolute Gasteiger partial charge is 0.310 e. The number of aromatic hydroxyl groups is 1. The van der Waals surface area contributed by atoms with E-state index >= 15 is 0 Å². The molecule has 0 saturated carbocycles. The molecular formula is C20H12FNO3. The molecule has 4 nitrogen and oxygen atoms in total. The van der Waals surface area contributed by atoms with Crippen molar-refractivity contribution < 1.29 is 18.7 Å². The molecule has 0 atom stereocenters. The van der Waals surface area contributed by atoms with E-state index in [1.165, 1.54) is 30.4 Å². The molecule has 122 valence electrons. The number of oxazole rings is 1. The van der Waals surface area contributed by atoms with Crippen molar-refractivity contribution in [3.8, 4) is 17.4 Å². The maximum absolute atomic E-state index is 13.4. The van der Waals surface area contributed by atoms with Crippen LogP contribution in [0.3, 0.4) is 0 Å². The van der Waals surface area contributed by atoms with E-state index < -0.39 is 11.8 Å². The summed E-state index contributed by atoms with van der Waals surface area (Å²) in [6.07, 6.45) is 4.70. The number of hydrogen-bond acceptors (Lipinski definition) is 4. The van der Waals surface area contributed by atoms with Crippen LogP contribution in [-0.2, 0) is 4.79 Å². The highest BCUT2D eigenvalue weighted by molar-refractivity contribution is 6.33. The minimum Gasteiger partial charge on any atom is -0.479 e. The number of allylic oxidation sites excluding steroid dienone is 2. The molecule has 0 radical (unpaired) electrons. The third-order valence-electron chi connectivity index (χ3n) is 3.92. The van der Waals surface area contributed by atoms with Crippen molar-refractivity contribution in [1.29, 1.82) is 0 Å². The Morgan fingerprint density at radius 1 is 1.08 bits per heavy atom. The average Bonchev–Trinajstić information content (AvgIpc) is 2.98. The van der Waals surface area contributed by atoms with E-state index in [9.17, 15) is 14.3 Å². The van der Waals surface area contributed by atoms with E-state index in [1.54, 1.807) is 12.1 Å². The normalized spacial score (nSPS) is 14.8. The molecule has 2 aromatic carbocycles. The lowest BCUT2D eigenvalue weighted by molar-refractivity contribution is -0.109. The number of aromatic nitrogens is 1. The SMILES string of the molecule is O=C1C=Cc2ccccc2C1=Cc1nc(-c2cccc(F)c2)oc1O. The number of carbonyl (C=O) groups is 1. The van der Waals surface area contributed by atoms with Crippen LogP contribution in [0.15, 0.2) is 59.0 Å². The van der Waals surface area contributed by atoms with Crippen LogP contribution in [0.5, 0.6) is 5.95 Å². The molecular weight excluding hydrogens is 321 g/mol. The number of hydrogen-bond donors (Lipinski definition) is 1. The number of fused-ring (bicyclic) bond motifs is 1. The summed E-state index contributed by atoms with van der Waals surface area (Å²) in [5, 5.41) is 10.0. The van der Waals surface area contributed by atoms with Gasteiger partial charge in [0, 0.05) is 11.1 Å². The fourth-order valence-corrected chi connectivity index (χ4v) is 2.72. The van der Waals surface area contributed by atoms with Crippen LogP contribution in [0.4, 0.5) is 4.39 Å². The molecule has 1 N–H and O–H groups in total. The molecule has 0 fully saturated rings. The third kappa shape index (κ3) is 2.76. The van der Waals surface area contributed by atoms with E-state index in [1.807, 2.05) is 24.3 Å². The summed E-state index contributed by atoms with van der Waals surface area (Å²) in [6.45, 7) is 0. The number of benzene rings is 2. The standard InChI is InChI=1S/C20H12FNO3/c21-14-6-3-5-13(10-14)19-22-17(20(24)25-19)11-16-15-7-2-1-4-12(15)8-9-18(16)23/h1-11,24H. The first-order chi connectivity index (χ1) is 12.1. The van der Waals surface area contributed by atoms with Gasteiger partial charge in [0.15, 0.2) is 5.78 Å². The van der Waals surface area contributed by atoms with E-state index in [0.717, 1.165) is 11.1 Å². The van der Waals surface area contributed by atoms with E-state index in [4.69, 9.17) is 4.42 Å². The highest BCUT2D eigenvalue weighted by Crippen LogP contribution is 2.32. The Kier molecular flexibility index (Phi) is 3.54. The highest BCUT2D eigenvalue weighted by atomic mass is 19.1. The molecule has 0 bridgehead atoms. The molecule has 0 spiro atoms. The van der Waals surface area contributed by atoms with Gasteiger partial charge in [-0.05, 0) is 41.5 Å². The molecule has 0 saturated heterocycles. The number of halogens is 1. The minimum atomic E-state index is -0.434. The molecule has 0 amide bonds. The monoisotopic (exact) mass is 333 g/mol. The Balaban J connectivity index is 1.80. The van der Waals surface area contributed by atoms with Gasteiger partial charge in [-0.3, -0.25) is 4.79 Å². The summed E-state index contributed by atoms with van der Waals surface area (Å²) in [5.74, 6) is -0.965. The molecule has 1 aliphatic rings. The lowest BCUT2D eigenvalue weighted by Crippen LogP contribution is -2.04. The van der Waals surface area contributed by atoms with Crippen LogP contribution >= 0.6 is 0 Å². The Hall–Kier alpha value is -3.47. The molecule has 1 heterocycles. The number of carbonyl (C=O) groups excluding carboxylic acids is 1. The Morgan fingerprint density at radius 3 is 2.76 bits per heavy atom. The van der Waals surface area contributed by atoms with E-state index in [2.05, 4.69) is 4.98 Å². The predicted molar refractivity (Wildman–Crippen MR) is 91.9 cm³/mol. The Bertz CT molecular complexity index is 1050. The third-order valence-corrected chi connectivity index (χ3v) is 3.92. The zero-order chi connectivity index (χ0) is 17.4. The number of nitrogens with zero attached hydrogens (tertiary/aromatic N) is 1. The van der Waals surface area contributed by atoms with Gasteiger partial charge in [0.05, 0.1) is 0 Å². The van der Waals surface area contributed by atoms with Crippen LogP contribution in [0, 0.1) is 5.82 Å². The summed E-state index contributed by atoms with van der Waals surface area (Å²) >= 11 is 0. The van der Waals surface area contributed by atoms with Gasteiger partial charge in [-0.15, -0.1) is 0 Å². The van der Waals surface area contributed by atoms with Crippen molar-refractivity contribution >= 4 is 23.5 Å². The van der Waals surface area contributed by atoms with Gasteiger partial charge in [0.25, 0.3) is 0 Å². The molecule has 5 heteroatoms. The quantitative estimate of drug-likeness (QED) is 0.709. The van der Waals surface area contributed by atoms with E-state index in [-0.39, 0.29) is 17.4 Å². The summed E-state index contributed by atoms with van der Waals surface area (Å²) in [7, 11) is 0. The van der Waals surface area contributed by atoms with Gasteiger partial charge < -0.3 is 9.52 Å². The maximum atomic E-state index is 13.4. The van der Waals surface area contributed by atoms with Gasteiger partial charge in [-0.2, -0.15) is 0 Å². The van der Waals surface area contributed by atoms with Crippen LogP contribution in [-0.4, -0.2) is 15.9 Å². The summed E-state index contributed by atoms with van der Waals surface area (Å²) in [4.78, 5) is 16.4. The largest absolute Gasteiger partial charge is 0.479 e. The lowest BCUT2D eigenvalue weighted by Gasteiger charge is -2.12. The first-order valence-electron chi connectivity index (χ1n) is 7.61. The van der Waals surface area contributed by atoms with E-state index in [0.29, 0.717) is 11.1 Å². The topological polar surface area (TPSA) is 63.3 Å². The predicted octanol–water partition coefficient (Wildman–Crippen LogP) is 4.32. The Morgan fingerprint density at radius 2 is 1.92 bits per heavy atom. The average molecular weight is 333 g/mol. The number of rotatable bonds is 2. The first-order valence-corrected chi connectivity index (χ1v) is 7.61. The van der Waals surface area contributed by atoms with Crippen molar-refractivity contribution in [2.75, 3.05) is 0 Å². The number of ketones is 1. The molecule has 0 unspecified atom stereocenters. The van der Waals surface area contributed by atoms with Crippen molar-refractivity contribution in [2.45, 2.75) is 0 Å². The van der Waals surface area contributed by atoms with Gasteiger partial charge in [-0.1, -0.05) is 36.4 Å². The lowest BCUT2D eigenvalue weighted by atomic mass is 9.91. The molecule has 25 heavy (non-hydrogen) atoms. The van der Waals surface area contributed by atoms with Crippen molar-refractivity contribution in [2.24, 2.45) is 0 Å². The highest BCUT2D eigenvalue weighted by Gasteiger charge is 2.20. The van der Waals surface area contributed by atoms with Crippen LogP contribution in [0.25, 0.3) is 29.2 Å². The molecule has 0 aliphatic heterocycles. The zero-order valence-corrected chi connectivity index (χ0v) is 12.9. The second-order valence-corrected chi connectivity index (χ2v) is 5.56. The molecule has 1 aliphatic carbocycles. The second kappa shape index (κ2) is 5.87. The fraction of sp³-hybridized carbons (Fsp3) is 0. The zero-order valence-electron chi connectivity index (χ0n) is 12.9.